The van der Waals surface area contributed by atoms with Crippen LogP contribution >= 0.6 is 0 Å². The molecular weight excluding hydrogens is 294 g/mol. The summed E-state index contributed by atoms with van der Waals surface area (Å²) >= 11 is 0. The fourth-order valence-corrected chi connectivity index (χ4v) is 2.11. The molecule has 6 heteroatoms. The maximum absolute atomic E-state index is 12.2. The Morgan fingerprint density at radius 3 is 2.74 bits per heavy atom. The SMILES string of the molecule is C[C@@H](NC(=O)c1ccoc1)C(=O)Nc1ccc2ccccc2n1. The van der Waals surface area contributed by atoms with Crippen molar-refractivity contribution < 1.29 is 14.0 Å². The minimum atomic E-state index is -0.703. The molecule has 0 fully saturated rings. The summed E-state index contributed by atoms with van der Waals surface area (Å²) in [6.07, 6.45) is 2.73. The Morgan fingerprint density at radius 1 is 1.13 bits per heavy atom. The molecule has 0 unspecified atom stereocenters. The molecule has 2 aromatic heterocycles. The van der Waals surface area contributed by atoms with Crippen LogP contribution in [0.25, 0.3) is 10.9 Å². The van der Waals surface area contributed by atoms with E-state index in [1.165, 1.54) is 18.6 Å². The Balaban J connectivity index is 1.66. The molecule has 3 aromatic rings. The highest BCUT2D eigenvalue weighted by atomic mass is 16.3. The van der Waals surface area contributed by atoms with Crippen LogP contribution in [-0.4, -0.2) is 22.8 Å². The van der Waals surface area contributed by atoms with Crippen molar-refractivity contribution in [2.75, 3.05) is 5.32 Å². The molecule has 116 valence electrons. The van der Waals surface area contributed by atoms with Crippen LogP contribution in [0.15, 0.2) is 59.4 Å². The zero-order valence-electron chi connectivity index (χ0n) is 12.4. The van der Waals surface area contributed by atoms with E-state index in [0.717, 1.165) is 10.9 Å². The summed E-state index contributed by atoms with van der Waals surface area (Å²) in [6, 6.07) is 12.1. The number of furan rings is 1. The quantitative estimate of drug-likeness (QED) is 0.776. The van der Waals surface area contributed by atoms with E-state index in [1.54, 1.807) is 13.0 Å². The first-order valence-corrected chi connectivity index (χ1v) is 7.13. The highest BCUT2D eigenvalue weighted by Gasteiger charge is 2.17. The molecule has 2 heterocycles. The van der Waals surface area contributed by atoms with Crippen LogP contribution in [0.5, 0.6) is 0 Å². The second-order valence-corrected chi connectivity index (χ2v) is 5.09. The number of carbonyl (C=O) groups is 2. The molecule has 0 saturated heterocycles. The number of amides is 2. The number of benzene rings is 1. The molecule has 2 amide bonds. The number of hydrogen-bond acceptors (Lipinski definition) is 4. The molecule has 2 N–H and O–H groups in total. The maximum atomic E-state index is 12.2. The van der Waals surface area contributed by atoms with E-state index < -0.39 is 6.04 Å². The molecule has 0 radical (unpaired) electrons. The first kappa shape index (κ1) is 14.8. The van der Waals surface area contributed by atoms with Gasteiger partial charge in [-0.15, -0.1) is 0 Å². The average Bonchev–Trinajstić information content (AvgIpc) is 3.09. The third kappa shape index (κ3) is 3.37. The summed E-state index contributed by atoms with van der Waals surface area (Å²) in [5, 5.41) is 6.29. The lowest BCUT2D eigenvalue weighted by Gasteiger charge is -2.13. The van der Waals surface area contributed by atoms with Crippen LogP contribution in [0.2, 0.25) is 0 Å². The largest absolute Gasteiger partial charge is 0.472 e. The number of aromatic nitrogens is 1. The number of rotatable bonds is 4. The summed E-state index contributed by atoms with van der Waals surface area (Å²) in [4.78, 5) is 28.4. The van der Waals surface area contributed by atoms with Crippen molar-refractivity contribution >= 4 is 28.5 Å². The minimum Gasteiger partial charge on any atom is -0.472 e. The summed E-state index contributed by atoms with van der Waals surface area (Å²) < 4.78 is 4.84. The number of anilines is 1. The predicted molar refractivity (Wildman–Crippen MR) is 86.0 cm³/mol. The van der Waals surface area contributed by atoms with Gasteiger partial charge in [-0.2, -0.15) is 0 Å². The standard InChI is InChI=1S/C17H15N3O3/c1-11(18-17(22)13-8-9-23-10-13)16(21)20-15-7-6-12-4-2-3-5-14(12)19-15/h2-11H,1H3,(H,18,22)(H,19,20,21)/t11-/m1/s1. The molecule has 0 bridgehead atoms. The molecule has 0 saturated carbocycles. The number of nitrogens with zero attached hydrogens (tertiary/aromatic N) is 1. The van der Waals surface area contributed by atoms with Gasteiger partial charge in [0, 0.05) is 5.39 Å². The van der Waals surface area contributed by atoms with Crippen molar-refractivity contribution in [2.45, 2.75) is 13.0 Å². The lowest BCUT2D eigenvalue weighted by atomic mass is 10.2. The number of hydrogen-bond donors (Lipinski definition) is 2. The molecule has 6 nitrogen and oxygen atoms in total. The topological polar surface area (TPSA) is 84.2 Å². The van der Waals surface area contributed by atoms with E-state index in [4.69, 9.17) is 4.42 Å². The van der Waals surface area contributed by atoms with Crippen molar-refractivity contribution in [1.29, 1.82) is 0 Å². The van der Waals surface area contributed by atoms with Gasteiger partial charge in [-0.05, 0) is 31.2 Å². The normalized spacial score (nSPS) is 11.9. The summed E-state index contributed by atoms with van der Waals surface area (Å²) in [5.41, 5.74) is 1.16. The van der Waals surface area contributed by atoms with Gasteiger partial charge >= 0.3 is 0 Å². The number of fused-ring (bicyclic) bond motifs is 1. The predicted octanol–water partition coefficient (Wildman–Crippen LogP) is 2.58. The fourth-order valence-electron chi connectivity index (χ4n) is 2.11. The van der Waals surface area contributed by atoms with Crippen LogP contribution in [-0.2, 0) is 4.79 Å². The van der Waals surface area contributed by atoms with E-state index in [-0.39, 0.29) is 11.8 Å². The van der Waals surface area contributed by atoms with E-state index in [9.17, 15) is 9.59 Å². The minimum absolute atomic E-state index is 0.343. The van der Waals surface area contributed by atoms with Gasteiger partial charge in [0.25, 0.3) is 5.91 Å². The fraction of sp³-hybridized carbons (Fsp3) is 0.118. The monoisotopic (exact) mass is 309 g/mol. The summed E-state index contributed by atoms with van der Waals surface area (Å²) in [5.74, 6) is -0.268. The second-order valence-electron chi connectivity index (χ2n) is 5.09. The molecule has 0 aliphatic carbocycles. The van der Waals surface area contributed by atoms with E-state index in [1.807, 2.05) is 30.3 Å². The zero-order chi connectivity index (χ0) is 16.2. The van der Waals surface area contributed by atoms with Crippen LogP contribution < -0.4 is 10.6 Å². The maximum Gasteiger partial charge on any atom is 0.255 e. The molecule has 23 heavy (non-hydrogen) atoms. The van der Waals surface area contributed by atoms with E-state index in [2.05, 4.69) is 15.6 Å². The van der Waals surface area contributed by atoms with Gasteiger partial charge in [0.05, 0.1) is 17.3 Å². The van der Waals surface area contributed by atoms with E-state index >= 15 is 0 Å². The Labute approximate surface area is 132 Å². The Morgan fingerprint density at radius 2 is 1.96 bits per heavy atom. The molecule has 0 aliphatic heterocycles. The van der Waals surface area contributed by atoms with Gasteiger partial charge in [-0.25, -0.2) is 4.98 Å². The van der Waals surface area contributed by atoms with Crippen molar-refractivity contribution in [3.63, 3.8) is 0 Å². The van der Waals surface area contributed by atoms with Crippen molar-refractivity contribution in [1.82, 2.24) is 10.3 Å². The van der Waals surface area contributed by atoms with Crippen molar-refractivity contribution in [3.05, 3.63) is 60.6 Å². The number of carbonyl (C=O) groups excluding carboxylic acids is 2. The lowest BCUT2D eigenvalue weighted by Crippen LogP contribution is -2.41. The number of pyridine rings is 1. The van der Waals surface area contributed by atoms with Gasteiger partial charge in [0.2, 0.25) is 5.91 Å². The van der Waals surface area contributed by atoms with Crippen molar-refractivity contribution in [3.8, 4) is 0 Å². The average molecular weight is 309 g/mol. The first-order valence-electron chi connectivity index (χ1n) is 7.13. The van der Waals surface area contributed by atoms with Gasteiger partial charge in [-0.3, -0.25) is 9.59 Å². The third-order valence-electron chi connectivity index (χ3n) is 3.37. The first-order chi connectivity index (χ1) is 11.1. The van der Waals surface area contributed by atoms with Gasteiger partial charge in [0.1, 0.15) is 18.1 Å². The van der Waals surface area contributed by atoms with Gasteiger partial charge in [0.15, 0.2) is 0 Å². The smallest absolute Gasteiger partial charge is 0.255 e. The van der Waals surface area contributed by atoms with Crippen LogP contribution in [0.3, 0.4) is 0 Å². The highest BCUT2D eigenvalue weighted by molar-refractivity contribution is 6.00. The molecule has 1 atom stereocenters. The third-order valence-corrected chi connectivity index (χ3v) is 3.37. The summed E-state index contributed by atoms with van der Waals surface area (Å²) in [7, 11) is 0. The van der Waals surface area contributed by atoms with Gasteiger partial charge < -0.3 is 15.1 Å². The Bertz CT molecular complexity index is 843. The lowest BCUT2D eigenvalue weighted by molar-refractivity contribution is -0.117. The van der Waals surface area contributed by atoms with Crippen LogP contribution in [0.4, 0.5) is 5.82 Å². The number of para-hydroxylation sites is 1. The molecular formula is C17H15N3O3. The van der Waals surface area contributed by atoms with E-state index in [0.29, 0.717) is 11.4 Å². The molecule has 0 spiro atoms. The Hall–Kier alpha value is -3.15. The molecule has 1 aromatic carbocycles. The summed E-state index contributed by atoms with van der Waals surface area (Å²) in [6.45, 7) is 1.61. The van der Waals surface area contributed by atoms with Crippen LogP contribution in [0.1, 0.15) is 17.3 Å². The molecule has 3 rings (SSSR count). The molecule has 0 aliphatic rings. The zero-order valence-corrected chi connectivity index (χ0v) is 12.4. The Kier molecular flexibility index (Phi) is 4.05. The second kappa shape index (κ2) is 6.31. The van der Waals surface area contributed by atoms with Gasteiger partial charge in [-0.1, -0.05) is 18.2 Å². The highest BCUT2D eigenvalue weighted by Crippen LogP contribution is 2.14. The number of nitrogens with one attached hydrogen (secondary N) is 2. The van der Waals surface area contributed by atoms with Crippen LogP contribution in [0, 0.1) is 0 Å². The van der Waals surface area contributed by atoms with Crippen molar-refractivity contribution in [2.24, 2.45) is 0 Å².